The number of carbonyl (C=O) groups is 3. The average Bonchev–Trinajstić information content (AvgIpc) is 3.01. The first-order chi connectivity index (χ1) is 12.8. The van der Waals surface area contributed by atoms with E-state index in [9.17, 15) is 14.4 Å². The summed E-state index contributed by atoms with van der Waals surface area (Å²) in [6, 6.07) is 6.26. The Balaban J connectivity index is 1.62. The highest BCUT2D eigenvalue weighted by Crippen LogP contribution is 2.25. The molecule has 0 spiro atoms. The molecule has 144 valence electrons. The van der Waals surface area contributed by atoms with Crippen molar-refractivity contribution in [2.45, 2.75) is 26.2 Å². The van der Waals surface area contributed by atoms with Crippen molar-refractivity contribution in [2.75, 3.05) is 17.2 Å². The van der Waals surface area contributed by atoms with E-state index in [1.807, 2.05) is 0 Å². The van der Waals surface area contributed by atoms with E-state index >= 15 is 0 Å². The van der Waals surface area contributed by atoms with Crippen molar-refractivity contribution in [3.63, 3.8) is 0 Å². The van der Waals surface area contributed by atoms with Gasteiger partial charge in [0.25, 0.3) is 5.91 Å². The van der Waals surface area contributed by atoms with Crippen LogP contribution < -0.4 is 10.6 Å². The molecule has 0 radical (unpaired) electrons. The highest BCUT2D eigenvalue weighted by molar-refractivity contribution is 6.42. The Bertz CT molecular complexity index is 838. The topological polar surface area (TPSA) is 111 Å². The normalized spacial score (nSPS) is 10.3. The fourth-order valence-corrected chi connectivity index (χ4v) is 2.31. The molecule has 10 heteroatoms. The van der Waals surface area contributed by atoms with E-state index in [1.165, 1.54) is 12.1 Å². The molecule has 8 nitrogen and oxygen atoms in total. The Morgan fingerprint density at radius 2 is 1.85 bits per heavy atom. The van der Waals surface area contributed by atoms with Crippen molar-refractivity contribution in [1.29, 1.82) is 0 Å². The Labute approximate surface area is 165 Å². The predicted octanol–water partition coefficient (Wildman–Crippen LogP) is 3.58. The average molecular weight is 414 g/mol. The zero-order valence-electron chi connectivity index (χ0n) is 14.4. The fourth-order valence-electron chi connectivity index (χ4n) is 2.01. The first-order valence-corrected chi connectivity index (χ1v) is 8.73. The molecule has 1 aromatic heterocycles. The Kier molecular flexibility index (Phi) is 7.63. The predicted molar refractivity (Wildman–Crippen MR) is 99.8 cm³/mol. The van der Waals surface area contributed by atoms with Crippen molar-refractivity contribution < 1.29 is 23.6 Å². The first-order valence-electron chi connectivity index (χ1n) is 7.97. The lowest BCUT2D eigenvalue weighted by Crippen LogP contribution is -2.21. The number of nitrogens with zero attached hydrogens (tertiary/aromatic N) is 1. The van der Waals surface area contributed by atoms with Crippen molar-refractivity contribution in [2.24, 2.45) is 0 Å². The molecular formula is C17H17Cl2N3O5. The van der Waals surface area contributed by atoms with Crippen molar-refractivity contribution in [3.8, 4) is 0 Å². The smallest absolute Gasteiger partial charge is 0.306 e. The number of carbonyl (C=O) groups excluding carboxylic acids is 3. The van der Waals surface area contributed by atoms with Crippen LogP contribution in [-0.4, -0.2) is 29.5 Å². The summed E-state index contributed by atoms with van der Waals surface area (Å²) in [6.45, 7) is 1.24. The second-order valence-corrected chi connectivity index (χ2v) is 6.38. The molecule has 2 aromatic rings. The minimum Gasteiger partial charge on any atom is -0.456 e. The van der Waals surface area contributed by atoms with Gasteiger partial charge >= 0.3 is 5.97 Å². The van der Waals surface area contributed by atoms with E-state index in [4.69, 9.17) is 32.5 Å². The summed E-state index contributed by atoms with van der Waals surface area (Å²) in [5, 5.41) is 9.38. The largest absolute Gasteiger partial charge is 0.456 e. The molecular weight excluding hydrogens is 397 g/mol. The Morgan fingerprint density at radius 3 is 2.52 bits per heavy atom. The highest BCUT2D eigenvalue weighted by Gasteiger charge is 2.11. The number of ether oxygens (including phenoxy) is 1. The monoisotopic (exact) mass is 413 g/mol. The minimum absolute atomic E-state index is 0.00510. The molecule has 0 saturated heterocycles. The molecule has 0 aliphatic heterocycles. The fraction of sp³-hybridized carbons (Fsp3) is 0.294. The van der Waals surface area contributed by atoms with Crippen molar-refractivity contribution >= 4 is 52.5 Å². The van der Waals surface area contributed by atoms with Gasteiger partial charge in [-0.1, -0.05) is 28.4 Å². The number of hydrogen-bond donors (Lipinski definition) is 2. The van der Waals surface area contributed by atoms with Gasteiger partial charge in [0.05, 0.1) is 10.0 Å². The van der Waals surface area contributed by atoms with Crippen LogP contribution in [0, 0.1) is 6.92 Å². The number of hydrogen-bond acceptors (Lipinski definition) is 6. The van der Waals surface area contributed by atoms with E-state index < -0.39 is 18.5 Å². The van der Waals surface area contributed by atoms with Gasteiger partial charge in [0.2, 0.25) is 5.91 Å². The minimum atomic E-state index is -0.580. The number of rotatable bonds is 8. The van der Waals surface area contributed by atoms with Crippen LogP contribution in [0.15, 0.2) is 28.8 Å². The van der Waals surface area contributed by atoms with E-state index in [0.717, 1.165) is 0 Å². The molecule has 1 heterocycles. The SMILES string of the molecule is Cc1cc(NC(=O)COC(=O)CCCC(=O)Nc2ccc(Cl)c(Cl)c2)no1. The summed E-state index contributed by atoms with van der Waals surface area (Å²) in [6.07, 6.45) is 0.390. The van der Waals surface area contributed by atoms with Gasteiger partial charge in [-0.2, -0.15) is 0 Å². The number of amides is 2. The number of aromatic nitrogens is 1. The quantitative estimate of drug-likeness (QED) is 0.639. The second kappa shape index (κ2) is 9.94. The molecule has 0 unspecified atom stereocenters. The Morgan fingerprint density at radius 1 is 1.07 bits per heavy atom. The maximum atomic E-state index is 11.8. The number of aryl methyl sites for hydroxylation is 1. The van der Waals surface area contributed by atoms with Crippen LogP contribution in [0.2, 0.25) is 10.0 Å². The first kappa shape index (κ1) is 20.7. The van der Waals surface area contributed by atoms with Gasteiger partial charge in [-0.3, -0.25) is 14.4 Å². The number of nitrogens with one attached hydrogen (secondary N) is 2. The number of anilines is 2. The van der Waals surface area contributed by atoms with Gasteiger partial charge in [-0.05, 0) is 31.5 Å². The maximum Gasteiger partial charge on any atom is 0.306 e. The molecule has 2 N–H and O–H groups in total. The van der Waals surface area contributed by atoms with Crippen LogP contribution >= 0.6 is 23.2 Å². The van der Waals surface area contributed by atoms with Crippen LogP contribution in [-0.2, 0) is 19.1 Å². The summed E-state index contributed by atoms with van der Waals surface area (Å²) in [5.41, 5.74) is 0.511. The number of esters is 1. The molecule has 0 aliphatic carbocycles. The van der Waals surface area contributed by atoms with Crippen LogP contribution in [0.4, 0.5) is 11.5 Å². The molecule has 0 fully saturated rings. The zero-order chi connectivity index (χ0) is 19.8. The van der Waals surface area contributed by atoms with E-state index in [1.54, 1.807) is 19.1 Å². The van der Waals surface area contributed by atoms with Gasteiger partial charge in [-0.25, -0.2) is 0 Å². The van der Waals surface area contributed by atoms with E-state index in [0.29, 0.717) is 21.5 Å². The highest BCUT2D eigenvalue weighted by atomic mass is 35.5. The standard InChI is InChI=1S/C17H17Cl2N3O5/c1-10-7-14(22-27-10)21-16(24)9-26-17(25)4-2-3-15(23)20-11-5-6-12(18)13(19)8-11/h5-8H,2-4,9H2,1H3,(H,20,23)(H,21,22,24). The van der Waals surface area contributed by atoms with Gasteiger partial charge in [0.1, 0.15) is 5.76 Å². The van der Waals surface area contributed by atoms with E-state index in [-0.39, 0.29) is 31.0 Å². The molecule has 0 aliphatic rings. The van der Waals surface area contributed by atoms with Crippen molar-refractivity contribution in [1.82, 2.24) is 5.16 Å². The third-order valence-electron chi connectivity index (χ3n) is 3.25. The van der Waals surface area contributed by atoms with Gasteiger partial charge in [-0.15, -0.1) is 0 Å². The number of benzene rings is 1. The molecule has 0 saturated carbocycles. The zero-order valence-corrected chi connectivity index (χ0v) is 15.9. The van der Waals surface area contributed by atoms with Gasteiger partial charge in [0, 0.05) is 24.6 Å². The lowest BCUT2D eigenvalue weighted by Gasteiger charge is -2.07. The summed E-state index contributed by atoms with van der Waals surface area (Å²) >= 11 is 11.7. The van der Waals surface area contributed by atoms with Crippen LogP contribution in [0.25, 0.3) is 0 Å². The lowest BCUT2D eigenvalue weighted by molar-refractivity contribution is -0.147. The molecule has 0 atom stereocenters. The molecule has 1 aromatic carbocycles. The molecule has 27 heavy (non-hydrogen) atoms. The number of halogens is 2. The van der Waals surface area contributed by atoms with Crippen molar-refractivity contribution in [3.05, 3.63) is 40.1 Å². The lowest BCUT2D eigenvalue weighted by atomic mass is 10.2. The Hall–Kier alpha value is -2.58. The summed E-state index contributed by atoms with van der Waals surface area (Å²) in [5.74, 6) is -0.605. The third-order valence-corrected chi connectivity index (χ3v) is 3.99. The third kappa shape index (κ3) is 7.28. The van der Waals surface area contributed by atoms with Crippen LogP contribution in [0.3, 0.4) is 0 Å². The summed E-state index contributed by atoms with van der Waals surface area (Å²) in [7, 11) is 0. The van der Waals surface area contributed by atoms with E-state index in [2.05, 4.69) is 15.8 Å². The molecule has 2 rings (SSSR count). The molecule has 2 amide bonds. The van der Waals surface area contributed by atoms with Gasteiger partial charge in [0.15, 0.2) is 12.4 Å². The van der Waals surface area contributed by atoms with Crippen LogP contribution in [0.1, 0.15) is 25.0 Å². The van der Waals surface area contributed by atoms with Crippen LogP contribution in [0.5, 0.6) is 0 Å². The summed E-state index contributed by atoms with van der Waals surface area (Å²) in [4.78, 5) is 35.1. The molecule has 0 bridgehead atoms. The summed E-state index contributed by atoms with van der Waals surface area (Å²) < 4.78 is 9.64. The van der Waals surface area contributed by atoms with Gasteiger partial charge < -0.3 is 19.9 Å². The maximum absolute atomic E-state index is 11.8. The second-order valence-electron chi connectivity index (χ2n) is 5.56.